The fraction of sp³-hybridized carbons (Fsp3) is 0.462. The minimum Gasteiger partial charge on any atom is -0.376 e. The average molecular weight is 451 g/mol. The maximum absolute atomic E-state index is 13.2. The molecule has 2 aliphatic rings. The van der Waals surface area contributed by atoms with Crippen molar-refractivity contribution in [2.24, 2.45) is 0 Å². The number of carbonyl (C=O) groups is 2. The van der Waals surface area contributed by atoms with Crippen molar-refractivity contribution in [1.82, 2.24) is 10.6 Å². The summed E-state index contributed by atoms with van der Waals surface area (Å²) in [6.07, 6.45) is 4.96. The normalized spacial score (nSPS) is 17.4. The Bertz CT molecular complexity index is 972. The van der Waals surface area contributed by atoms with E-state index in [4.69, 9.17) is 4.74 Å². The lowest BCUT2D eigenvalue weighted by Crippen LogP contribution is -2.35. The zero-order valence-corrected chi connectivity index (χ0v) is 19.4. The zero-order valence-electron chi connectivity index (χ0n) is 19.4. The molecule has 3 N–H and O–H groups in total. The van der Waals surface area contributed by atoms with Gasteiger partial charge in [0.05, 0.1) is 11.7 Å². The van der Waals surface area contributed by atoms with Gasteiger partial charge in [0.15, 0.2) is 0 Å². The number of carbonyl (C=O) groups excluding carboxylic acids is 2. The van der Waals surface area contributed by atoms with Gasteiger partial charge in [0, 0.05) is 44.2 Å². The third-order valence-corrected chi connectivity index (χ3v) is 6.30. The number of fused-ring (bicyclic) bond motifs is 1. The lowest BCUT2D eigenvalue weighted by molar-refractivity contribution is 0.0858. The molecule has 3 amide bonds. The molecule has 1 unspecified atom stereocenters. The van der Waals surface area contributed by atoms with Crippen LogP contribution in [0.1, 0.15) is 54.1 Å². The van der Waals surface area contributed by atoms with E-state index in [0.29, 0.717) is 24.3 Å². The predicted molar refractivity (Wildman–Crippen MR) is 131 cm³/mol. The number of benzene rings is 2. The first-order valence-electron chi connectivity index (χ1n) is 12.0. The van der Waals surface area contributed by atoms with Crippen molar-refractivity contribution in [1.29, 1.82) is 0 Å². The molecule has 2 heterocycles. The van der Waals surface area contributed by atoms with Crippen LogP contribution in [-0.2, 0) is 17.7 Å². The fourth-order valence-electron chi connectivity index (χ4n) is 4.43. The van der Waals surface area contributed by atoms with Crippen molar-refractivity contribution in [3.63, 3.8) is 0 Å². The summed E-state index contributed by atoms with van der Waals surface area (Å²) in [7, 11) is 0. The minimum absolute atomic E-state index is 0.0740. The molecule has 0 aliphatic carbocycles. The summed E-state index contributed by atoms with van der Waals surface area (Å²) in [5.74, 6) is -0.144. The Morgan fingerprint density at radius 1 is 1.12 bits per heavy atom. The summed E-state index contributed by atoms with van der Waals surface area (Å²) in [5, 5.41) is 8.76. The van der Waals surface area contributed by atoms with E-state index in [2.05, 4.69) is 52.0 Å². The van der Waals surface area contributed by atoms with Gasteiger partial charge in [0.2, 0.25) is 0 Å². The Hall–Kier alpha value is -3.06. The minimum atomic E-state index is -0.256. The molecule has 7 nitrogen and oxygen atoms in total. The van der Waals surface area contributed by atoms with Crippen LogP contribution in [-0.4, -0.2) is 44.3 Å². The quantitative estimate of drug-likeness (QED) is 0.529. The maximum Gasteiger partial charge on any atom is 0.319 e. The predicted octanol–water partition coefficient (Wildman–Crippen LogP) is 4.08. The summed E-state index contributed by atoms with van der Waals surface area (Å²) in [6.45, 7) is 5.56. The van der Waals surface area contributed by atoms with E-state index in [9.17, 15) is 9.59 Å². The highest BCUT2D eigenvalue weighted by atomic mass is 16.5. The van der Waals surface area contributed by atoms with Crippen molar-refractivity contribution >= 4 is 23.3 Å². The van der Waals surface area contributed by atoms with Crippen LogP contribution in [0.4, 0.5) is 16.2 Å². The van der Waals surface area contributed by atoms with Gasteiger partial charge in [-0.2, -0.15) is 0 Å². The molecule has 0 bridgehead atoms. The number of nitrogens with zero attached hydrogens (tertiary/aromatic N) is 1. The summed E-state index contributed by atoms with van der Waals surface area (Å²) in [6, 6.07) is 13.8. The number of amides is 3. The molecule has 2 aliphatic heterocycles. The van der Waals surface area contributed by atoms with Gasteiger partial charge in [0.25, 0.3) is 5.91 Å². The van der Waals surface area contributed by atoms with Crippen molar-refractivity contribution in [2.75, 3.05) is 36.5 Å². The van der Waals surface area contributed by atoms with Crippen LogP contribution < -0.4 is 20.9 Å². The van der Waals surface area contributed by atoms with Crippen LogP contribution in [0.25, 0.3) is 0 Å². The highest BCUT2D eigenvalue weighted by Crippen LogP contribution is 2.29. The summed E-state index contributed by atoms with van der Waals surface area (Å²) < 4.78 is 5.66. The van der Waals surface area contributed by atoms with Gasteiger partial charge in [-0.3, -0.25) is 4.79 Å². The summed E-state index contributed by atoms with van der Waals surface area (Å²) >= 11 is 0. The monoisotopic (exact) mass is 450 g/mol. The SMILES string of the molecule is CCCCNC(=O)Nc1ccc(N2CCc3ccccc3C2)c(C(=O)NCC2CCCO2)c1. The van der Waals surface area contributed by atoms with E-state index in [1.54, 1.807) is 6.07 Å². The number of hydrogen-bond acceptors (Lipinski definition) is 4. The van der Waals surface area contributed by atoms with Crippen LogP contribution in [0.15, 0.2) is 42.5 Å². The van der Waals surface area contributed by atoms with Crippen molar-refractivity contribution in [2.45, 2.75) is 51.7 Å². The molecule has 2 aromatic rings. The highest BCUT2D eigenvalue weighted by Gasteiger charge is 2.23. The molecule has 0 spiro atoms. The number of nitrogens with one attached hydrogen (secondary N) is 3. The molecule has 0 radical (unpaired) electrons. The first kappa shape index (κ1) is 23.1. The molecule has 7 heteroatoms. The molecule has 33 heavy (non-hydrogen) atoms. The van der Waals surface area contributed by atoms with Crippen molar-refractivity contribution in [3.05, 3.63) is 59.2 Å². The first-order valence-corrected chi connectivity index (χ1v) is 12.0. The third-order valence-electron chi connectivity index (χ3n) is 6.30. The second-order valence-electron chi connectivity index (χ2n) is 8.75. The number of anilines is 2. The molecule has 0 saturated carbocycles. The zero-order chi connectivity index (χ0) is 23.0. The smallest absolute Gasteiger partial charge is 0.319 e. The van der Waals surface area contributed by atoms with Gasteiger partial charge < -0.3 is 25.6 Å². The van der Waals surface area contributed by atoms with Gasteiger partial charge in [-0.05, 0) is 55.0 Å². The highest BCUT2D eigenvalue weighted by molar-refractivity contribution is 6.02. The van der Waals surface area contributed by atoms with E-state index >= 15 is 0 Å². The molecule has 0 aromatic heterocycles. The van der Waals surface area contributed by atoms with Crippen molar-refractivity contribution < 1.29 is 14.3 Å². The second-order valence-corrected chi connectivity index (χ2v) is 8.75. The number of rotatable bonds is 8. The molecule has 1 atom stereocenters. The molecular formula is C26H34N4O3. The van der Waals surface area contributed by atoms with E-state index in [0.717, 1.165) is 57.5 Å². The van der Waals surface area contributed by atoms with Crippen LogP contribution >= 0.6 is 0 Å². The topological polar surface area (TPSA) is 82.7 Å². The van der Waals surface area contributed by atoms with Crippen LogP contribution in [0, 0.1) is 0 Å². The largest absolute Gasteiger partial charge is 0.376 e. The summed E-state index contributed by atoms with van der Waals surface area (Å²) in [4.78, 5) is 27.7. The second kappa shape index (κ2) is 11.2. The average Bonchev–Trinajstić information content (AvgIpc) is 3.36. The Morgan fingerprint density at radius 3 is 2.76 bits per heavy atom. The molecule has 2 aromatic carbocycles. The Morgan fingerprint density at radius 2 is 1.97 bits per heavy atom. The Labute approximate surface area is 195 Å². The van der Waals surface area contributed by atoms with E-state index < -0.39 is 0 Å². The number of ether oxygens (including phenoxy) is 1. The lowest BCUT2D eigenvalue weighted by Gasteiger charge is -2.32. The van der Waals surface area contributed by atoms with E-state index in [-0.39, 0.29) is 18.0 Å². The van der Waals surface area contributed by atoms with Gasteiger partial charge in [-0.25, -0.2) is 4.79 Å². The van der Waals surface area contributed by atoms with E-state index in [1.165, 1.54) is 11.1 Å². The third kappa shape index (κ3) is 6.05. The van der Waals surface area contributed by atoms with Crippen LogP contribution in [0.3, 0.4) is 0 Å². The molecular weight excluding hydrogens is 416 g/mol. The molecule has 1 saturated heterocycles. The number of unbranched alkanes of at least 4 members (excludes halogenated alkanes) is 1. The first-order chi connectivity index (χ1) is 16.1. The summed E-state index contributed by atoms with van der Waals surface area (Å²) in [5.41, 5.74) is 4.70. The van der Waals surface area contributed by atoms with Gasteiger partial charge in [-0.15, -0.1) is 0 Å². The van der Waals surface area contributed by atoms with Gasteiger partial charge >= 0.3 is 6.03 Å². The Kier molecular flexibility index (Phi) is 7.83. The van der Waals surface area contributed by atoms with Crippen molar-refractivity contribution in [3.8, 4) is 0 Å². The van der Waals surface area contributed by atoms with E-state index in [1.807, 2.05) is 12.1 Å². The lowest BCUT2D eigenvalue weighted by atomic mass is 9.98. The van der Waals surface area contributed by atoms with Crippen LogP contribution in [0.2, 0.25) is 0 Å². The Balaban J connectivity index is 1.52. The maximum atomic E-state index is 13.2. The fourth-order valence-corrected chi connectivity index (χ4v) is 4.43. The molecule has 176 valence electrons. The standard InChI is InChI=1S/C26H34N4O3/c1-2-3-13-27-26(32)29-21-10-11-24(30-14-12-19-7-4-5-8-20(19)18-30)23(16-21)25(31)28-17-22-9-6-15-33-22/h4-5,7-8,10-11,16,22H,2-3,6,9,12-15,17-18H2,1H3,(H,28,31)(H2,27,29,32). The number of urea groups is 1. The molecule has 4 rings (SSSR count). The van der Waals surface area contributed by atoms with Gasteiger partial charge in [-0.1, -0.05) is 37.6 Å². The van der Waals surface area contributed by atoms with Crippen LogP contribution in [0.5, 0.6) is 0 Å². The van der Waals surface area contributed by atoms with Gasteiger partial charge in [0.1, 0.15) is 0 Å². The molecule has 1 fully saturated rings. The number of hydrogen-bond donors (Lipinski definition) is 3.